The van der Waals surface area contributed by atoms with Crippen molar-refractivity contribution in [2.45, 2.75) is 12.5 Å². The van der Waals surface area contributed by atoms with Gasteiger partial charge < -0.3 is 25.7 Å². The number of rotatable bonds is 7. The Balaban J connectivity index is 3.86. The van der Waals surface area contributed by atoms with E-state index in [-0.39, 0.29) is 13.0 Å². The third-order valence-electron chi connectivity index (χ3n) is 1.87. The van der Waals surface area contributed by atoms with Gasteiger partial charge in [-0.05, 0) is 14.1 Å². The van der Waals surface area contributed by atoms with Gasteiger partial charge in [0.05, 0.1) is 0 Å². The Hall–Kier alpha value is -1.34. The van der Waals surface area contributed by atoms with Crippen molar-refractivity contribution in [1.82, 2.24) is 15.5 Å². The molecule has 0 aliphatic heterocycles. The van der Waals surface area contributed by atoms with Gasteiger partial charge in [-0.15, -0.1) is 0 Å². The van der Waals surface area contributed by atoms with E-state index in [0.717, 1.165) is 0 Å². The summed E-state index contributed by atoms with van der Waals surface area (Å²) in [4.78, 5) is 23.8. The summed E-state index contributed by atoms with van der Waals surface area (Å²) in [7, 11) is 3.73. The Kier molecular flexibility index (Phi) is 7.23. The lowest BCUT2D eigenvalue weighted by Gasteiger charge is -2.15. The van der Waals surface area contributed by atoms with Crippen molar-refractivity contribution in [3.63, 3.8) is 0 Å². The largest absolute Gasteiger partial charge is 0.480 e. The molecule has 0 unspecified atom stereocenters. The number of urea groups is 1. The highest BCUT2D eigenvalue weighted by molar-refractivity contribution is 5.82. The number of amides is 2. The number of hydrogen-bond donors (Lipinski definition) is 4. The highest BCUT2D eigenvalue weighted by Crippen LogP contribution is 1.90. The molecular formula is C9H19N3O4. The number of nitrogens with one attached hydrogen (secondary N) is 2. The zero-order valence-corrected chi connectivity index (χ0v) is 9.56. The number of carboxylic acid groups (broad SMARTS) is 1. The van der Waals surface area contributed by atoms with Gasteiger partial charge in [-0.3, -0.25) is 0 Å². The van der Waals surface area contributed by atoms with Crippen LogP contribution in [0.25, 0.3) is 0 Å². The predicted molar refractivity (Wildman–Crippen MR) is 58.2 cm³/mol. The number of carboxylic acids is 1. The molecule has 0 saturated heterocycles. The van der Waals surface area contributed by atoms with Crippen LogP contribution in [0.2, 0.25) is 0 Å². The summed E-state index contributed by atoms with van der Waals surface area (Å²) in [5.74, 6) is -1.16. The second-order valence-electron chi connectivity index (χ2n) is 3.61. The molecule has 16 heavy (non-hydrogen) atoms. The van der Waals surface area contributed by atoms with Crippen molar-refractivity contribution >= 4 is 12.0 Å². The molecule has 2 amide bonds. The smallest absolute Gasteiger partial charge is 0.326 e. The van der Waals surface area contributed by atoms with E-state index in [4.69, 9.17) is 10.2 Å². The summed E-state index contributed by atoms with van der Waals surface area (Å²) in [6.07, 6.45) is -0.00354. The van der Waals surface area contributed by atoms with Crippen molar-refractivity contribution in [3.05, 3.63) is 0 Å². The van der Waals surface area contributed by atoms with E-state index < -0.39 is 18.0 Å². The Labute approximate surface area is 94.4 Å². The maximum atomic E-state index is 11.2. The molecule has 0 rings (SSSR count). The second-order valence-corrected chi connectivity index (χ2v) is 3.61. The number of aliphatic hydroxyl groups is 1. The van der Waals surface area contributed by atoms with Crippen LogP contribution in [0.5, 0.6) is 0 Å². The van der Waals surface area contributed by atoms with E-state index in [2.05, 4.69) is 10.6 Å². The summed E-state index contributed by atoms with van der Waals surface area (Å²) in [5, 5.41) is 22.1. The quantitative estimate of drug-likeness (QED) is 0.437. The molecule has 0 bridgehead atoms. The van der Waals surface area contributed by atoms with Gasteiger partial charge in [0.15, 0.2) is 0 Å². The first-order chi connectivity index (χ1) is 7.47. The van der Waals surface area contributed by atoms with Crippen LogP contribution in [0.3, 0.4) is 0 Å². The van der Waals surface area contributed by atoms with E-state index in [9.17, 15) is 9.59 Å². The highest BCUT2D eigenvalue weighted by atomic mass is 16.4. The first kappa shape index (κ1) is 14.7. The third-order valence-corrected chi connectivity index (χ3v) is 1.87. The van der Waals surface area contributed by atoms with Crippen LogP contribution in [0.15, 0.2) is 0 Å². The van der Waals surface area contributed by atoms with Gasteiger partial charge in [0.1, 0.15) is 6.04 Å². The van der Waals surface area contributed by atoms with Gasteiger partial charge in [-0.2, -0.15) is 0 Å². The van der Waals surface area contributed by atoms with Crippen LogP contribution < -0.4 is 10.6 Å². The van der Waals surface area contributed by atoms with Gasteiger partial charge in [0, 0.05) is 26.1 Å². The zero-order valence-electron chi connectivity index (χ0n) is 9.56. The lowest BCUT2D eigenvalue weighted by Crippen LogP contribution is -2.47. The molecule has 0 aromatic rings. The van der Waals surface area contributed by atoms with E-state index >= 15 is 0 Å². The molecule has 0 aliphatic rings. The number of hydrogen-bond acceptors (Lipinski definition) is 4. The summed E-state index contributed by atoms with van der Waals surface area (Å²) in [5.41, 5.74) is 0. The van der Waals surface area contributed by atoms with Gasteiger partial charge in [-0.25, -0.2) is 9.59 Å². The summed E-state index contributed by atoms with van der Waals surface area (Å²) in [6, 6.07) is -1.59. The lowest BCUT2D eigenvalue weighted by atomic mass is 10.2. The van der Waals surface area contributed by atoms with Crippen molar-refractivity contribution in [1.29, 1.82) is 0 Å². The summed E-state index contributed by atoms with van der Waals surface area (Å²) in [6.45, 7) is 0.824. The molecule has 0 radical (unpaired) electrons. The standard InChI is InChI=1S/C9H19N3O4/c1-12(2)5-4-10-9(16)11-7(3-6-13)8(14)15/h7,13H,3-6H2,1-2H3,(H,14,15)(H2,10,11,16)/t7-/m1/s1. The first-order valence-corrected chi connectivity index (χ1v) is 5.00. The minimum Gasteiger partial charge on any atom is -0.480 e. The van der Waals surface area contributed by atoms with Crippen LogP contribution in [0.4, 0.5) is 4.79 Å². The van der Waals surface area contributed by atoms with Crippen LogP contribution in [0, 0.1) is 0 Å². The SMILES string of the molecule is CN(C)CCNC(=O)N[C@H](CCO)C(=O)O. The number of aliphatic carboxylic acids is 1. The molecule has 0 aromatic heterocycles. The molecular weight excluding hydrogens is 214 g/mol. The van der Waals surface area contributed by atoms with Crippen LogP contribution in [0.1, 0.15) is 6.42 Å². The molecule has 0 saturated carbocycles. The van der Waals surface area contributed by atoms with Crippen molar-refractivity contribution in [3.8, 4) is 0 Å². The number of carbonyl (C=O) groups is 2. The molecule has 1 atom stereocenters. The molecule has 7 heteroatoms. The first-order valence-electron chi connectivity index (χ1n) is 5.00. The van der Waals surface area contributed by atoms with E-state index in [0.29, 0.717) is 13.1 Å². The monoisotopic (exact) mass is 233 g/mol. The number of carbonyl (C=O) groups excluding carboxylic acids is 1. The molecule has 0 aromatic carbocycles. The van der Waals surface area contributed by atoms with Crippen LogP contribution in [-0.4, -0.2) is 66.9 Å². The van der Waals surface area contributed by atoms with Crippen molar-refractivity contribution in [2.24, 2.45) is 0 Å². The summed E-state index contributed by atoms with van der Waals surface area (Å²) < 4.78 is 0. The maximum absolute atomic E-state index is 11.2. The average Bonchev–Trinajstić information content (AvgIpc) is 2.16. The van der Waals surface area contributed by atoms with Gasteiger partial charge in [0.25, 0.3) is 0 Å². The Morgan fingerprint density at radius 3 is 2.44 bits per heavy atom. The molecule has 94 valence electrons. The van der Waals surface area contributed by atoms with Gasteiger partial charge in [0.2, 0.25) is 0 Å². The maximum Gasteiger partial charge on any atom is 0.326 e. The average molecular weight is 233 g/mol. The minimum atomic E-state index is -1.16. The Bertz CT molecular complexity index is 233. The fourth-order valence-electron chi connectivity index (χ4n) is 0.989. The summed E-state index contributed by atoms with van der Waals surface area (Å²) >= 11 is 0. The predicted octanol–water partition coefficient (Wildman–Crippen LogP) is -1.32. The van der Waals surface area contributed by atoms with Gasteiger partial charge in [-0.1, -0.05) is 0 Å². The minimum absolute atomic E-state index is 0.00354. The topological polar surface area (TPSA) is 102 Å². The molecule has 7 nitrogen and oxygen atoms in total. The molecule has 0 spiro atoms. The molecule has 0 aliphatic carbocycles. The molecule has 0 heterocycles. The van der Waals surface area contributed by atoms with E-state index in [1.54, 1.807) is 0 Å². The van der Waals surface area contributed by atoms with Crippen molar-refractivity contribution in [2.75, 3.05) is 33.8 Å². The molecule has 0 fully saturated rings. The Morgan fingerprint density at radius 1 is 1.38 bits per heavy atom. The lowest BCUT2D eigenvalue weighted by molar-refractivity contribution is -0.139. The number of aliphatic hydroxyl groups excluding tert-OH is 1. The number of nitrogens with zero attached hydrogens (tertiary/aromatic N) is 1. The van der Waals surface area contributed by atoms with Crippen LogP contribution in [-0.2, 0) is 4.79 Å². The van der Waals surface area contributed by atoms with E-state index in [1.807, 2.05) is 19.0 Å². The third kappa shape index (κ3) is 7.02. The van der Waals surface area contributed by atoms with Crippen molar-refractivity contribution < 1.29 is 19.8 Å². The van der Waals surface area contributed by atoms with Crippen LogP contribution >= 0.6 is 0 Å². The van der Waals surface area contributed by atoms with Gasteiger partial charge >= 0.3 is 12.0 Å². The number of likely N-dealkylation sites (N-methyl/N-ethyl adjacent to an activating group) is 1. The Morgan fingerprint density at radius 2 is 2.00 bits per heavy atom. The zero-order chi connectivity index (χ0) is 12.6. The van der Waals surface area contributed by atoms with E-state index in [1.165, 1.54) is 0 Å². The normalized spacial score (nSPS) is 12.2. The second kappa shape index (κ2) is 7.89. The fourth-order valence-corrected chi connectivity index (χ4v) is 0.989. The fraction of sp³-hybridized carbons (Fsp3) is 0.778. The highest BCUT2D eigenvalue weighted by Gasteiger charge is 2.18. The molecule has 4 N–H and O–H groups in total.